The summed E-state index contributed by atoms with van der Waals surface area (Å²) >= 11 is 0. The fourth-order valence-electron chi connectivity index (χ4n) is 1.67. The number of rotatable bonds is 1. The van der Waals surface area contributed by atoms with Gasteiger partial charge in [0.1, 0.15) is 5.82 Å². The minimum absolute atomic E-state index is 0.442. The van der Waals surface area contributed by atoms with Gasteiger partial charge in [0.2, 0.25) is 0 Å². The van der Waals surface area contributed by atoms with Gasteiger partial charge >= 0.3 is 0 Å². The Morgan fingerprint density at radius 3 is 3.08 bits per heavy atom. The molecule has 1 aliphatic heterocycles. The third kappa shape index (κ3) is 1.98. The lowest BCUT2D eigenvalue weighted by Crippen LogP contribution is -2.16. The maximum absolute atomic E-state index is 5.61. The Labute approximate surface area is 77.9 Å². The van der Waals surface area contributed by atoms with Gasteiger partial charge in [-0.3, -0.25) is 0 Å². The van der Waals surface area contributed by atoms with Crippen LogP contribution in [0.1, 0.15) is 24.5 Å². The molecule has 2 heterocycles. The summed E-state index contributed by atoms with van der Waals surface area (Å²) in [6, 6.07) is 5.79. The quantitative estimate of drug-likeness (QED) is 0.710. The van der Waals surface area contributed by atoms with Crippen LogP contribution in [0.3, 0.4) is 0 Å². The Bertz CT molecular complexity index is 282. The molecule has 0 saturated carbocycles. The Hall–Kier alpha value is -1.09. The Morgan fingerprint density at radius 2 is 2.38 bits per heavy atom. The first-order chi connectivity index (χ1) is 6.36. The molecule has 1 aromatic heterocycles. The number of ether oxygens (including phenoxy) is 1. The Kier molecular flexibility index (Phi) is 2.45. The third-order valence-electron chi connectivity index (χ3n) is 2.37. The van der Waals surface area contributed by atoms with Crippen molar-refractivity contribution in [3.63, 3.8) is 0 Å². The fraction of sp³-hybridized carbons (Fsp3) is 0.500. The van der Waals surface area contributed by atoms with E-state index in [0.29, 0.717) is 11.7 Å². The van der Waals surface area contributed by atoms with E-state index >= 15 is 0 Å². The number of aromatic nitrogens is 1. The highest BCUT2D eigenvalue weighted by Gasteiger charge is 2.16. The second-order valence-corrected chi connectivity index (χ2v) is 3.40. The number of hydrogen-bond donors (Lipinski definition) is 1. The maximum Gasteiger partial charge on any atom is 0.123 e. The van der Waals surface area contributed by atoms with Crippen molar-refractivity contribution in [2.75, 3.05) is 18.9 Å². The lowest BCUT2D eigenvalue weighted by Gasteiger charge is -2.21. The molecule has 0 spiro atoms. The van der Waals surface area contributed by atoms with Crippen molar-refractivity contribution in [2.45, 2.75) is 18.8 Å². The van der Waals surface area contributed by atoms with Crippen LogP contribution in [0.25, 0.3) is 0 Å². The molecule has 2 N–H and O–H groups in total. The van der Waals surface area contributed by atoms with Crippen molar-refractivity contribution in [2.24, 2.45) is 0 Å². The van der Waals surface area contributed by atoms with Crippen LogP contribution in [0.5, 0.6) is 0 Å². The average molecular weight is 178 g/mol. The number of pyridine rings is 1. The Morgan fingerprint density at radius 1 is 1.46 bits per heavy atom. The highest BCUT2D eigenvalue weighted by Crippen LogP contribution is 2.23. The molecule has 70 valence electrons. The van der Waals surface area contributed by atoms with Crippen LogP contribution in [-0.2, 0) is 4.74 Å². The fourth-order valence-corrected chi connectivity index (χ4v) is 1.67. The SMILES string of the molecule is Nc1cccc([C@H]2CCCOC2)n1. The summed E-state index contributed by atoms with van der Waals surface area (Å²) in [5.41, 5.74) is 6.68. The van der Waals surface area contributed by atoms with Gasteiger partial charge in [-0.15, -0.1) is 0 Å². The van der Waals surface area contributed by atoms with Crippen LogP contribution in [0.2, 0.25) is 0 Å². The van der Waals surface area contributed by atoms with Crippen LogP contribution in [0.4, 0.5) is 5.82 Å². The molecule has 0 aromatic carbocycles. The van der Waals surface area contributed by atoms with Gasteiger partial charge in [-0.1, -0.05) is 6.07 Å². The zero-order valence-electron chi connectivity index (χ0n) is 7.57. The first kappa shape index (κ1) is 8.51. The van der Waals surface area contributed by atoms with Gasteiger partial charge in [0.05, 0.1) is 6.61 Å². The number of nitrogens with two attached hydrogens (primary N) is 1. The molecule has 0 unspecified atom stereocenters. The maximum atomic E-state index is 5.61. The molecule has 3 nitrogen and oxygen atoms in total. The van der Waals surface area contributed by atoms with Crippen molar-refractivity contribution in [3.8, 4) is 0 Å². The first-order valence-electron chi connectivity index (χ1n) is 4.66. The van der Waals surface area contributed by atoms with Gasteiger partial charge in [0.15, 0.2) is 0 Å². The molecule has 3 heteroatoms. The number of nitrogens with zero attached hydrogens (tertiary/aromatic N) is 1. The van der Waals surface area contributed by atoms with Crippen molar-refractivity contribution >= 4 is 5.82 Å². The predicted octanol–water partition coefficient (Wildman–Crippen LogP) is 1.56. The monoisotopic (exact) mass is 178 g/mol. The second-order valence-electron chi connectivity index (χ2n) is 3.40. The summed E-state index contributed by atoms with van der Waals surface area (Å²) in [5.74, 6) is 1.04. The topological polar surface area (TPSA) is 48.1 Å². The second kappa shape index (κ2) is 3.75. The molecule has 0 radical (unpaired) electrons. The molecule has 0 bridgehead atoms. The molecule has 0 aliphatic carbocycles. The first-order valence-corrected chi connectivity index (χ1v) is 4.66. The molecule has 1 fully saturated rings. The number of anilines is 1. The van der Waals surface area contributed by atoms with Gasteiger partial charge in [0, 0.05) is 18.2 Å². The smallest absolute Gasteiger partial charge is 0.123 e. The molecule has 2 rings (SSSR count). The molecule has 1 saturated heterocycles. The van der Waals surface area contributed by atoms with E-state index in [1.54, 1.807) is 0 Å². The molecule has 1 aliphatic rings. The normalized spacial score (nSPS) is 22.9. The van der Waals surface area contributed by atoms with Crippen LogP contribution in [-0.4, -0.2) is 18.2 Å². The van der Waals surface area contributed by atoms with E-state index in [0.717, 1.165) is 31.7 Å². The van der Waals surface area contributed by atoms with E-state index in [9.17, 15) is 0 Å². The van der Waals surface area contributed by atoms with E-state index in [2.05, 4.69) is 4.98 Å². The molecular weight excluding hydrogens is 164 g/mol. The van der Waals surface area contributed by atoms with Crippen molar-refractivity contribution in [1.29, 1.82) is 0 Å². The van der Waals surface area contributed by atoms with Gasteiger partial charge in [-0.25, -0.2) is 4.98 Å². The number of hydrogen-bond acceptors (Lipinski definition) is 3. The van der Waals surface area contributed by atoms with E-state index in [4.69, 9.17) is 10.5 Å². The Balaban J connectivity index is 2.14. The zero-order valence-corrected chi connectivity index (χ0v) is 7.57. The lowest BCUT2D eigenvalue weighted by atomic mass is 9.98. The van der Waals surface area contributed by atoms with Gasteiger partial charge in [-0.05, 0) is 25.0 Å². The van der Waals surface area contributed by atoms with Crippen molar-refractivity contribution in [1.82, 2.24) is 4.98 Å². The predicted molar refractivity (Wildman–Crippen MR) is 51.4 cm³/mol. The van der Waals surface area contributed by atoms with Crippen LogP contribution in [0.15, 0.2) is 18.2 Å². The van der Waals surface area contributed by atoms with E-state index in [1.807, 2.05) is 18.2 Å². The summed E-state index contributed by atoms with van der Waals surface area (Å²) < 4.78 is 5.40. The summed E-state index contributed by atoms with van der Waals surface area (Å²) in [6.45, 7) is 1.68. The molecule has 1 atom stereocenters. The summed E-state index contributed by atoms with van der Waals surface area (Å²) in [6.07, 6.45) is 2.29. The lowest BCUT2D eigenvalue weighted by molar-refractivity contribution is 0.0793. The van der Waals surface area contributed by atoms with Crippen molar-refractivity contribution < 1.29 is 4.74 Å². The van der Waals surface area contributed by atoms with Crippen LogP contribution >= 0.6 is 0 Å². The zero-order chi connectivity index (χ0) is 9.10. The molecular formula is C10H14N2O. The number of nitrogen functional groups attached to an aromatic ring is 1. The minimum atomic E-state index is 0.442. The van der Waals surface area contributed by atoms with Crippen molar-refractivity contribution in [3.05, 3.63) is 23.9 Å². The van der Waals surface area contributed by atoms with Crippen LogP contribution < -0.4 is 5.73 Å². The minimum Gasteiger partial charge on any atom is -0.384 e. The van der Waals surface area contributed by atoms with E-state index in [-0.39, 0.29) is 0 Å². The summed E-state index contributed by atoms with van der Waals surface area (Å²) in [5, 5.41) is 0. The highest BCUT2D eigenvalue weighted by molar-refractivity contribution is 5.30. The van der Waals surface area contributed by atoms with E-state index in [1.165, 1.54) is 0 Å². The summed E-state index contributed by atoms with van der Waals surface area (Å²) in [4.78, 5) is 4.29. The van der Waals surface area contributed by atoms with Crippen LogP contribution in [0, 0.1) is 0 Å². The van der Waals surface area contributed by atoms with Gasteiger partial charge in [0.25, 0.3) is 0 Å². The molecule has 1 aromatic rings. The highest BCUT2D eigenvalue weighted by atomic mass is 16.5. The molecule has 0 amide bonds. The summed E-state index contributed by atoms with van der Waals surface area (Å²) in [7, 11) is 0. The third-order valence-corrected chi connectivity index (χ3v) is 2.37. The van der Waals surface area contributed by atoms with Gasteiger partial charge in [-0.2, -0.15) is 0 Å². The average Bonchev–Trinajstić information content (AvgIpc) is 2.19. The van der Waals surface area contributed by atoms with E-state index < -0.39 is 0 Å². The largest absolute Gasteiger partial charge is 0.384 e. The molecule has 13 heavy (non-hydrogen) atoms. The van der Waals surface area contributed by atoms with Gasteiger partial charge < -0.3 is 10.5 Å². The standard InChI is InChI=1S/C10H14N2O/c11-10-5-1-4-9(12-10)8-3-2-6-13-7-8/h1,4-5,8H,2-3,6-7H2,(H2,11,12)/t8-/m0/s1.